The number of hydrogen-bond donors (Lipinski definition) is 2. The zero-order chi connectivity index (χ0) is 14.4. The van der Waals surface area contributed by atoms with Crippen LogP contribution in [-0.2, 0) is 9.53 Å². The summed E-state index contributed by atoms with van der Waals surface area (Å²) in [6.45, 7) is 4.74. The van der Waals surface area contributed by atoms with Gasteiger partial charge in [-0.1, -0.05) is 13.8 Å². The minimum atomic E-state index is -0.933. The minimum Gasteiger partial charge on any atom is -0.377 e. The molecule has 1 amide bonds. The number of nitrogens with two attached hydrogens (primary N) is 1. The zero-order valence-corrected chi connectivity index (χ0v) is 11.8. The van der Waals surface area contributed by atoms with Crippen molar-refractivity contribution in [2.24, 2.45) is 17.1 Å². The molecule has 1 aliphatic carbocycles. The molecule has 2 heterocycles. The summed E-state index contributed by atoms with van der Waals surface area (Å²) in [5, 5.41) is 2.73. The first-order valence-corrected chi connectivity index (χ1v) is 6.97. The van der Waals surface area contributed by atoms with E-state index in [2.05, 4.69) is 15.3 Å². The first kappa shape index (κ1) is 13.5. The molecule has 6 nitrogen and oxygen atoms in total. The number of ether oxygens (including phenoxy) is 1. The predicted molar refractivity (Wildman–Crippen MR) is 73.8 cm³/mol. The van der Waals surface area contributed by atoms with E-state index >= 15 is 0 Å². The monoisotopic (exact) mass is 276 g/mol. The van der Waals surface area contributed by atoms with Crippen molar-refractivity contribution in [2.45, 2.75) is 38.3 Å². The number of rotatable bonds is 2. The molecule has 2 fully saturated rings. The zero-order valence-electron chi connectivity index (χ0n) is 11.8. The molecule has 0 aromatic carbocycles. The quantitative estimate of drug-likeness (QED) is 0.839. The molecule has 1 saturated heterocycles. The average Bonchev–Trinajstić information content (AvgIpc) is 2.47. The normalized spacial score (nSPS) is 34.8. The van der Waals surface area contributed by atoms with Crippen molar-refractivity contribution in [3.63, 3.8) is 0 Å². The molecule has 0 bridgehead atoms. The molecule has 6 heteroatoms. The third kappa shape index (κ3) is 1.68. The van der Waals surface area contributed by atoms with Crippen molar-refractivity contribution in [2.75, 3.05) is 11.9 Å². The second-order valence-electron chi connectivity index (χ2n) is 6.16. The van der Waals surface area contributed by atoms with Crippen LogP contribution < -0.4 is 11.1 Å². The van der Waals surface area contributed by atoms with Crippen LogP contribution >= 0.6 is 0 Å². The fraction of sp³-hybridized carbons (Fsp3) is 0.643. The Bertz CT molecular complexity index is 519. The number of anilines is 1. The van der Waals surface area contributed by atoms with Gasteiger partial charge in [0.2, 0.25) is 11.9 Å². The molecule has 1 saturated carbocycles. The summed E-state index contributed by atoms with van der Waals surface area (Å²) in [6.07, 6.45) is 5.11. The second-order valence-corrected chi connectivity index (χ2v) is 6.16. The highest BCUT2D eigenvalue weighted by molar-refractivity contribution is 5.99. The van der Waals surface area contributed by atoms with Crippen LogP contribution in [0.3, 0.4) is 0 Å². The average molecular weight is 276 g/mol. The van der Waals surface area contributed by atoms with Gasteiger partial charge in [0.05, 0.1) is 6.10 Å². The molecule has 0 spiro atoms. The van der Waals surface area contributed by atoms with Crippen molar-refractivity contribution in [1.29, 1.82) is 0 Å². The SMILES string of the molecule is CC1(C)C2OCCCC2C1(N)C(=O)Nc1ncccn1. The van der Waals surface area contributed by atoms with Crippen molar-refractivity contribution in [1.82, 2.24) is 9.97 Å². The third-order valence-corrected chi connectivity index (χ3v) is 4.85. The molecule has 1 aromatic rings. The largest absolute Gasteiger partial charge is 0.377 e. The maximum absolute atomic E-state index is 12.6. The van der Waals surface area contributed by atoms with Gasteiger partial charge < -0.3 is 10.5 Å². The molecule has 3 atom stereocenters. The van der Waals surface area contributed by atoms with Gasteiger partial charge >= 0.3 is 0 Å². The van der Waals surface area contributed by atoms with E-state index in [-0.39, 0.29) is 17.9 Å². The van der Waals surface area contributed by atoms with Crippen LogP contribution in [0, 0.1) is 11.3 Å². The van der Waals surface area contributed by atoms with Gasteiger partial charge in [0.25, 0.3) is 0 Å². The second kappa shape index (κ2) is 4.49. The highest BCUT2D eigenvalue weighted by Crippen LogP contribution is 2.57. The Morgan fingerprint density at radius 1 is 1.45 bits per heavy atom. The van der Waals surface area contributed by atoms with Crippen LogP contribution in [0.1, 0.15) is 26.7 Å². The number of nitrogens with zero attached hydrogens (tertiary/aromatic N) is 2. The Hall–Kier alpha value is -1.53. The molecule has 20 heavy (non-hydrogen) atoms. The van der Waals surface area contributed by atoms with E-state index in [4.69, 9.17) is 10.5 Å². The van der Waals surface area contributed by atoms with Crippen LogP contribution in [0.2, 0.25) is 0 Å². The van der Waals surface area contributed by atoms with Crippen molar-refractivity contribution in [3.8, 4) is 0 Å². The highest BCUT2D eigenvalue weighted by Gasteiger charge is 2.70. The van der Waals surface area contributed by atoms with Gasteiger partial charge in [0.15, 0.2) is 0 Å². The van der Waals surface area contributed by atoms with E-state index in [9.17, 15) is 4.79 Å². The lowest BCUT2D eigenvalue weighted by molar-refractivity contribution is -0.222. The molecule has 3 unspecified atom stereocenters. The first-order chi connectivity index (χ1) is 9.48. The Morgan fingerprint density at radius 3 is 2.85 bits per heavy atom. The van der Waals surface area contributed by atoms with Crippen LogP contribution in [0.4, 0.5) is 5.95 Å². The fourth-order valence-corrected chi connectivity index (χ4v) is 3.61. The summed E-state index contributed by atoms with van der Waals surface area (Å²) in [5.74, 6) is 0.133. The van der Waals surface area contributed by atoms with Crippen LogP contribution in [-0.4, -0.2) is 34.1 Å². The van der Waals surface area contributed by atoms with E-state index in [1.165, 1.54) is 0 Å². The summed E-state index contributed by atoms with van der Waals surface area (Å²) in [5.41, 5.74) is 5.15. The Morgan fingerprint density at radius 2 is 2.15 bits per heavy atom. The molecule has 2 aliphatic rings. The van der Waals surface area contributed by atoms with Gasteiger partial charge in [-0.2, -0.15) is 0 Å². The molecule has 1 aliphatic heterocycles. The molecular weight excluding hydrogens is 256 g/mol. The standard InChI is InChI=1S/C14H20N4O2/c1-13(2)10-9(5-3-8-20-10)14(13,15)11(19)18-12-16-6-4-7-17-12/h4,6-7,9-10H,3,5,8,15H2,1-2H3,(H,16,17,18,19). The highest BCUT2D eigenvalue weighted by atomic mass is 16.5. The van der Waals surface area contributed by atoms with Crippen LogP contribution in [0.5, 0.6) is 0 Å². The topological polar surface area (TPSA) is 90.1 Å². The van der Waals surface area contributed by atoms with Crippen LogP contribution in [0.15, 0.2) is 18.5 Å². The molecule has 108 valence electrons. The number of nitrogens with one attached hydrogen (secondary N) is 1. The van der Waals surface area contributed by atoms with E-state index in [1.54, 1.807) is 18.5 Å². The van der Waals surface area contributed by atoms with Crippen molar-refractivity contribution < 1.29 is 9.53 Å². The summed E-state index contributed by atoms with van der Waals surface area (Å²) in [4.78, 5) is 20.6. The summed E-state index contributed by atoms with van der Waals surface area (Å²) in [6, 6.07) is 1.70. The first-order valence-electron chi connectivity index (χ1n) is 6.97. The fourth-order valence-electron chi connectivity index (χ4n) is 3.61. The smallest absolute Gasteiger partial charge is 0.247 e. The summed E-state index contributed by atoms with van der Waals surface area (Å²) < 4.78 is 5.80. The lowest BCUT2D eigenvalue weighted by Crippen LogP contribution is -2.81. The van der Waals surface area contributed by atoms with Gasteiger partial charge in [0, 0.05) is 30.3 Å². The Balaban J connectivity index is 1.82. The Kier molecular flexibility index (Phi) is 3.02. The molecule has 1 aromatic heterocycles. The summed E-state index contributed by atoms with van der Waals surface area (Å²) >= 11 is 0. The number of carbonyl (C=O) groups excluding carboxylic acids is 1. The molecule has 3 N–H and O–H groups in total. The van der Waals surface area contributed by atoms with Gasteiger partial charge in [-0.05, 0) is 18.9 Å². The molecular formula is C14H20N4O2. The van der Waals surface area contributed by atoms with Crippen molar-refractivity contribution >= 4 is 11.9 Å². The summed E-state index contributed by atoms with van der Waals surface area (Å²) in [7, 11) is 0. The van der Waals surface area contributed by atoms with Gasteiger partial charge in [-0.15, -0.1) is 0 Å². The number of hydrogen-bond acceptors (Lipinski definition) is 5. The number of aromatic nitrogens is 2. The Labute approximate surface area is 118 Å². The maximum Gasteiger partial charge on any atom is 0.247 e. The van der Waals surface area contributed by atoms with Crippen molar-refractivity contribution in [3.05, 3.63) is 18.5 Å². The van der Waals surface area contributed by atoms with Gasteiger partial charge in [0.1, 0.15) is 5.54 Å². The number of amides is 1. The van der Waals surface area contributed by atoms with Gasteiger partial charge in [-0.3, -0.25) is 10.1 Å². The number of fused-ring (bicyclic) bond motifs is 1. The van der Waals surface area contributed by atoms with Gasteiger partial charge in [-0.25, -0.2) is 9.97 Å². The van der Waals surface area contributed by atoms with E-state index in [0.717, 1.165) is 19.4 Å². The number of carbonyl (C=O) groups is 1. The maximum atomic E-state index is 12.6. The lowest BCUT2D eigenvalue weighted by atomic mass is 9.46. The van der Waals surface area contributed by atoms with Crippen LogP contribution in [0.25, 0.3) is 0 Å². The molecule has 0 radical (unpaired) electrons. The van der Waals surface area contributed by atoms with E-state index in [0.29, 0.717) is 5.95 Å². The molecule has 3 rings (SSSR count). The van der Waals surface area contributed by atoms with E-state index in [1.807, 2.05) is 13.8 Å². The van der Waals surface area contributed by atoms with E-state index < -0.39 is 11.0 Å². The third-order valence-electron chi connectivity index (χ3n) is 4.85. The minimum absolute atomic E-state index is 0.0590. The lowest BCUT2D eigenvalue weighted by Gasteiger charge is -2.64. The predicted octanol–water partition coefficient (Wildman–Crippen LogP) is 0.948.